The monoisotopic (exact) mass is 222 g/mol. The Morgan fingerprint density at radius 1 is 1.44 bits per heavy atom. The molecule has 0 saturated carbocycles. The van der Waals surface area contributed by atoms with Gasteiger partial charge in [-0.1, -0.05) is 26.3 Å². The molecule has 0 saturated heterocycles. The number of nitrogens with two attached hydrogens (primary N) is 1. The molecular formula is C13H22N2O. The molecule has 0 aliphatic rings. The van der Waals surface area contributed by atoms with Gasteiger partial charge in [0.05, 0.1) is 7.11 Å². The van der Waals surface area contributed by atoms with Gasteiger partial charge < -0.3 is 10.5 Å². The first kappa shape index (κ1) is 13.0. The number of pyridine rings is 1. The fourth-order valence-corrected chi connectivity index (χ4v) is 1.80. The minimum Gasteiger partial charge on any atom is -0.481 e. The summed E-state index contributed by atoms with van der Waals surface area (Å²) in [6.07, 6.45) is 5.11. The Morgan fingerprint density at radius 2 is 2.19 bits per heavy atom. The number of ether oxygens (including phenoxy) is 1. The van der Waals surface area contributed by atoms with Gasteiger partial charge >= 0.3 is 0 Å². The first-order valence-corrected chi connectivity index (χ1v) is 5.91. The second-order valence-electron chi connectivity index (χ2n) is 4.34. The van der Waals surface area contributed by atoms with Crippen molar-refractivity contribution in [1.82, 2.24) is 4.98 Å². The molecule has 3 heteroatoms. The van der Waals surface area contributed by atoms with Gasteiger partial charge in [-0.25, -0.2) is 4.98 Å². The summed E-state index contributed by atoms with van der Waals surface area (Å²) >= 11 is 0. The Kier molecular flexibility index (Phi) is 5.26. The smallest absolute Gasteiger partial charge is 0.212 e. The lowest BCUT2D eigenvalue weighted by Crippen LogP contribution is -2.30. The van der Waals surface area contributed by atoms with E-state index in [1.165, 1.54) is 18.4 Å². The minimum atomic E-state index is 0.218. The molecule has 0 aliphatic heterocycles. The van der Waals surface area contributed by atoms with Gasteiger partial charge in [0.2, 0.25) is 5.88 Å². The van der Waals surface area contributed by atoms with Crippen LogP contribution in [0.4, 0.5) is 0 Å². The highest BCUT2D eigenvalue weighted by atomic mass is 16.5. The summed E-state index contributed by atoms with van der Waals surface area (Å²) in [5, 5.41) is 0. The average molecular weight is 222 g/mol. The molecule has 2 atom stereocenters. The maximum Gasteiger partial charge on any atom is 0.212 e. The van der Waals surface area contributed by atoms with E-state index in [-0.39, 0.29) is 6.04 Å². The second kappa shape index (κ2) is 6.48. The van der Waals surface area contributed by atoms with Crippen LogP contribution in [0, 0.1) is 5.92 Å². The van der Waals surface area contributed by atoms with Gasteiger partial charge in [0, 0.05) is 18.3 Å². The third-order valence-corrected chi connectivity index (χ3v) is 2.95. The lowest BCUT2D eigenvalue weighted by molar-refractivity contribution is 0.396. The van der Waals surface area contributed by atoms with Crippen molar-refractivity contribution in [2.24, 2.45) is 11.7 Å². The molecule has 16 heavy (non-hydrogen) atoms. The molecule has 1 aromatic heterocycles. The average Bonchev–Trinajstić information content (AvgIpc) is 2.30. The van der Waals surface area contributed by atoms with E-state index >= 15 is 0 Å². The van der Waals surface area contributed by atoms with Crippen LogP contribution in [-0.2, 0) is 6.42 Å². The second-order valence-corrected chi connectivity index (χ2v) is 4.34. The van der Waals surface area contributed by atoms with Gasteiger partial charge in [-0.2, -0.15) is 0 Å². The number of hydrogen-bond acceptors (Lipinski definition) is 3. The standard InChI is InChI=1S/C13H22N2O/c1-4-5-10(2)12(14)8-11-6-7-13(16-3)15-9-11/h6-7,9-10,12H,4-5,8,14H2,1-3H3. The van der Waals surface area contributed by atoms with Crippen LogP contribution in [-0.4, -0.2) is 18.1 Å². The van der Waals surface area contributed by atoms with Crippen molar-refractivity contribution in [3.63, 3.8) is 0 Å². The summed E-state index contributed by atoms with van der Waals surface area (Å²) in [4.78, 5) is 4.18. The zero-order valence-electron chi connectivity index (χ0n) is 10.4. The van der Waals surface area contributed by atoms with Crippen molar-refractivity contribution < 1.29 is 4.74 Å². The summed E-state index contributed by atoms with van der Waals surface area (Å²) < 4.78 is 5.02. The van der Waals surface area contributed by atoms with E-state index in [1.807, 2.05) is 18.3 Å². The maximum absolute atomic E-state index is 6.15. The topological polar surface area (TPSA) is 48.1 Å². The molecule has 0 amide bonds. The lowest BCUT2D eigenvalue weighted by Gasteiger charge is -2.19. The fraction of sp³-hybridized carbons (Fsp3) is 0.615. The summed E-state index contributed by atoms with van der Waals surface area (Å²) in [7, 11) is 1.62. The van der Waals surface area contributed by atoms with Gasteiger partial charge in [-0.05, 0) is 24.3 Å². The van der Waals surface area contributed by atoms with E-state index in [0.29, 0.717) is 11.8 Å². The van der Waals surface area contributed by atoms with Gasteiger partial charge in [0.1, 0.15) is 0 Å². The maximum atomic E-state index is 6.15. The highest BCUT2D eigenvalue weighted by Gasteiger charge is 2.12. The van der Waals surface area contributed by atoms with Crippen LogP contribution in [0.25, 0.3) is 0 Å². The molecule has 0 bridgehead atoms. The first-order valence-electron chi connectivity index (χ1n) is 5.91. The molecule has 2 unspecified atom stereocenters. The Labute approximate surface area is 98.0 Å². The summed E-state index contributed by atoms with van der Waals surface area (Å²) in [6, 6.07) is 4.13. The van der Waals surface area contributed by atoms with Crippen molar-refractivity contribution in [2.75, 3.05) is 7.11 Å². The molecule has 0 fully saturated rings. The first-order chi connectivity index (χ1) is 7.67. The van der Waals surface area contributed by atoms with Crippen LogP contribution in [0.1, 0.15) is 32.3 Å². The molecule has 0 aliphatic carbocycles. The minimum absolute atomic E-state index is 0.218. The van der Waals surface area contributed by atoms with Gasteiger partial charge in [-0.15, -0.1) is 0 Å². The predicted molar refractivity (Wildman–Crippen MR) is 66.5 cm³/mol. The van der Waals surface area contributed by atoms with Gasteiger partial charge in [0.25, 0.3) is 0 Å². The number of aromatic nitrogens is 1. The summed E-state index contributed by atoms with van der Waals surface area (Å²) in [6.45, 7) is 4.41. The van der Waals surface area contributed by atoms with E-state index in [1.54, 1.807) is 7.11 Å². The summed E-state index contributed by atoms with van der Waals surface area (Å²) in [5.74, 6) is 1.21. The van der Waals surface area contributed by atoms with E-state index in [9.17, 15) is 0 Å². The molecule has 0 spiro atoms. The van der Waals surface area contributed by atoms with E-state index in [2.05, 4.69) is 18.8 Å². The molecule has 0 radical (unpaired) electrons. The zero-order valence-corrected chi connectivity index (χ0v) is 10.4. The van der Waals surface area contributed by atoms with Crippen molar-refractivity contribution in [1.29, 1.82) is 0 Å². The van der Waals surface area contributed by atoms with Gasteiger partial charge in [0.15, 0.2) is 0 Å². The zero-order chi connectivity index (χ0) is 12.0. The molecule has 0 aromatic carbocycles. The Bertz CT molecular complexity index is 297. The van der Waals surface area contributed by atoms with Crippen molar-refractivity contribution in [3.05, 3.63) is 23.9 Å². The van der Waals surface area contributed by atoms with Crippen LogP contribution in [0.2, 0.25) is 0 Å². The van der Waals surface area contributed by atoms with Crippen molar-refractivity contribution in [3.8, 4) is 5.88 Å². The molecule has 3 nitrogen and oxygen atoms in total. The third kappa shape index (κ3) is 3.81. The van der Waals surface area contributed by atoms with Crippen LogP contribution in [0.15, 0.2) is 18.3 Å². The summed E-state index contributed by atoms with van der Waals surface area (Å²) in [5.41, 5.74) is 7.32. The van der Waals surface area contributed by atoms with Crippen LogP contribution in [0.5, 0.6) is 5.88 Å². The highest BCUT2D eigenvalue weighted by molar-refractivity contribution is 5.18. The SMILES string of the molecule is CCCC(C)C(N)Cc1ccc(OC)nc1. The largest absolute Gasteiger partial charge is 0.481 e. The van der Waals surface area contributed by atoms with E-state index in [0.717, 1.165) is 6.42 Å². The van der Waals surface area contributed by atoms with Gasteiger partial charge in [-0.3, -0.25) is 0 Å². The molecule has 1 heterocycles. The number of methoxy groups -OCH3 is 1. The molecular weight excluding hydrogens is 200 g/mol. The number of hydrogen-bond donors (Lipinski definition) is 1. The number of rotatable bonds is 6. The van der Waals surface area contributed by atoms with Crippen molar-refractivity contribution >= 4 is 0 Å². The quantitative estimate of drug-likeness (QED) is 0.804. The Hall–Kier alpha value is -1.09. The van der Waals surface area contributed by atoms with Crippen LogP contribution >= 0.6 is 0 Å². The lowest BCUT2D eigenvalue weighted by atomic mass is 9.93. The molecule has 2 N–H and O–H groups in total. The van der Waals surface area contributed by atoms with E-state index < -0.39 is 0 Å². The van der Waals surface area contributed by atoms with E-state index in [4.69, 9.17) is 10.5 Å². The van der Waals surface area contributed by atoms with Crippen molar-refractivity contribution in [2.45, 2.75) is 39.2 Å². The molecule has 1 rings (SSSR count). The predicted octanol–water partition coefficient (Wildman–Crippen LogP) is 2.40. The third-order valence-electron chi connectivity index (χ3n) is 2.95. The Balaban J connectivity index is 2.52. The highest BCUT2D eigenvalue weighted by Crippen LogP contribution is 2.14. The number of nitrogens with zero attached hydrogens (tertiary/aromatic N) is 1. The molecule has 1 aromatic rings. The fourth-order valence-electron chi connectivity index (χ4n) is 1.80. The Morgan fingerprint density at radius 3 is 2.69 bits per heavy atom. The normalized spacial score (nSPS) is 14.5. The molecule has 90 valence electrons. The van der Waals surface area contributed by atoms with Crippen LogP contribution in [0.3, 0.4) is 0 Å². The van der Waals surface area contributed by atoms with Crippen LogP contribution < -0.4 is 10.5 Å².